The van der Waals surface area contributed by atoms with Crippen LogP contribution in [0.15, 0.2) is 17.2 Å². The molecule has 15 heavy (non-hydrogen) atoms. The molecule has 1 heterocycles. The highest BCUT2D eigenvalue weighted by Gasteiger charge is 2.19. The summed E-state index contributed by atoms with van der Waals surface area (Å²) in [5, 5.41) is 0. The van der Waals surface area contributed by atoms with Gasteiger partial charge in [0.1, 0.15) is 0 Å². The summed E-state index contributed by atoms with van der Waals surface area (Å²) in [6.45, 7) is 12.1. The predicted octanol–water partition coefficient (Wildman–Crippen LogP) is 2.30. The largest absolute Gasteiger partial charge is 0.294 e. The van der Waals surface area contributed by atoms with E-state index in [2.05, 4.69) is 25.8 Å². The summed E-state index contributed by atoms with van der Waals surface area (Å²) in [5.74, 6) is 0. The lowest BCUT2D eigenvalue weighted by Crippen LogP contribution is -2.35. The summed E-state index contributed by atoms with van der Waals surface area (Å²) in [4.78, 5) is 16.2. The van der Waals surface area contributed by atoms with Gasteiger partial charge in [0.15, 0.2) is 0 Å². The van der Waals surface area contributed by atoms with Crippen LogP contribution in [0.1, 0.15) is 47.2 Å². The van der Waals surface area contributed by atoms with Crippen LogP contribution < -0.4 is 5.56 Å². The highest BCUT2D eigenvalue weighted by atomic mass is 16.1. The van der Waals surface area contributed by atoms with Gasteiger partial charge in [-0.25, -0.2) is 4.98 Å². The van der Waals surface area contributed by atoms with E-state index in [4.69, 9.17) is 0 Å². The van der Waals surface area contributed by atoms with Gasteiger partial charge >= 0.3 is 0 Å². The Morgan fingerprint density at radius 1 is 1.13 bits per heavy atom. The quantitative estimate of drug-likeness (QED) is 0.655. The molecule has 0 aliphatic carbocycles. The van der Waals surface area contributed by atoms with E-state index in [9.17, 15) is 4.79 Å². The SMILES string of the molecule is CC(C)(C)c1cc(=O)n(C(C)(C)C)cn1. The second kappa shape index (κ2) is 3.47. The molecule has 1 rings (SSSR count). The molecule has 3 heteroatoms. The third-order valence-corrected chi connectivity index (χ3v) is 2.30. The van der Waals surface area contributed by atoms with Crippen LogP contribution in [0.3, 0.4) is 0 Å². The molecule has 0 saturated heterocycles. The van der Waals surface area contributed by atoms with Crippen molar-refractivity contribution in [3.63, 3.8) is 0 Å². The zero-order chi connectivity index (χ0) is 11.9. The van der Waals surface area contributed by atoms with Gasteiger partial charge in [0.25, 0.3) is 5.56 Å². The number of nitrogens with zero attached hydrogens (tertiary/aromatic N) is 2. The molecule has 0 fully saturated rings. The number of hydrogen-bond donors (Lipinski definition) is 0. The van der Waals surface area contributed by atoms with Gasteiger partial charge in [-0.3, -0.25) is 9.36 Å². The maximum atomic E-state index is 11.9. The fraction of sp³-hybridized carbons (Fsp3) is 0.667. The summed E-state index contributed by atoms with van der Waals surface area (Å²) in [6.07, 6.45) is 1.64. The van der Waals surface area contributed by atoms with Gasteiger partial charge in [0, 0.05) is 17.0 Å². The van der Waals surface area contributed by atoms with Crippen LogP contribution in [0.2, 0.25) is 0 Å². The molecule has 0 aliphatic rings. The summed E-state index contributed by atoms with van der Waals surface area (Å²) in [5.41, 5.74) is 0.576. The molecule has 3 nitrogen and oxygen atoms in total. The average Bonchev–Trinajstić information content (AvgIpc) is 1.99. The van der Waals surface area contributed by atoms with Crippen LogP contribution in [-0.2, 0) is 11.0 Å². The van der Waals surface area contributed by atoms with Crippen molar-refractivity contribution in [2.24, 2.45) is 0 Å². The summed E-state index contributed by atoms with van der Waals surface area (Å²) < 4.78 is 1.66. The Hall–Kier alpha value is -1.12. The Bertz CT molecular complexity index is 405. The van der Waals surface area contributed by atoms with Crippen LogP contribution in [0.4, 0.5) is 0 Å². The molecule has 0 saturated carbocycles. The maximum absolute atomic E-state index is 11.9. The highest BCUT2D eigenvalue weighted by molar-refractivity contribution is 5.11. The normalized spacial score (nSPS) is 12.9. The lowest BCUT2D eigenvalue weighted by atomic mass is 9.92. The fourth-order valence-electron chi connectivity index (χ4n) is 1.31. The molecule has 0 aromatic carbocycles. The van der Waals surface area contributed by atoms with Gasteiger partial charge in [-0.15, -0.1) is 0 Å². The molecule has 0 unspecified atom stereocenters. The van der Waals surface area contributed by atoms with E-state index < -0.39 is 0 Å². The first-order valence-corrected chi connectivity index (χ1v) is 5.22. The van der Waals surface area contributed by atoms with Crippen molar-refractivity contribution in [2.75, 3.05) is 0 Å². The minimum atomic E-state index is -0.208. The third kappa shape index (κ3) is 2.67. The molecule has 0 spiro atoms. The van der Waals surface area contributed by atoms with E-state index in [1.165, 1.54) is 0 Å². The monoisotopic (exact) mass is 208 g/mol. The molecule has 84 valence electrons. The number of hydrogen-bond acceptors (Lipinski definition) is 2. The molecular formula is C12H20N2O. The first-order valence-electron chi connectivity index (χ1n) is 5.22. The van der Waals surface area contributed by atoms with Gasteiger partial charge in [0.05, 0.1) is 12.0 Å². The molecule has 0 radical (unpaired) electrons. The Labute approximate surface area is 91.2 Å². The first-order chi connectivity index (χ1) is 6.62. The Balaban J connectivity index is 3.28. The number of rotatable bonds is 0. The minimum Gasteiger partial charge on any atom is -0.294 e. The molecule has 0 aliphatic heterocycles. The van der Waals surface area contributed by atoms with E-state index in [-0.39, 0.29) is 16.5 Å². The molecular weight excluding hydrogens is 188 g/mol. The zero-order valence-electron chi connectivity index (χ0n) is 10.5. The standard InChI is InChI=1S/C12H20N2O/c1-11(2,3)9-7-10(15)14(8-13-9)12(4,5)6/h7-8H,1-6H3. The summed E-state index contributed by atoms with van der Waals surface area (Å²) in [6, 6.07) is 1.63. The van der Waals surface area contributed by atoms with Crippen molar-refractivity contribution < 1.29 is 0 Å². The Kier molecular flexibility index (Phi) is 2.77. The van der Waals surface area contributed by atoms with Gasteiger partial charge in [-0.2, -0.15) is 0 Å². The van der Waals surface area contributed by atoms with E-state index in [1.54, 1.807) is 17.0 Å². The topological polar surface area (TPSA) is 34.9 Å². The predicted molar refractivity (Wildman–Crippen MR) is 62.2 cm³/mol. The summed E-state index contributed by atoms with van der Waals surface area (Å²) >= 11 is 0. The smallest absolute Gasteiger partial charge is 0.254 e. The van der Waals surface area contributed by atoms with Crippen LogP contribution >= 0.6 is 0 Å². The van der Waals surface area contributed by atoms with Crippen LogP contribution in [-0.4, -0.2) is 9.55 Å². The Morgan fingerprint density at radius 2 is 1.67 bits per heavy atom. The van der Waals surface area contributed by atoms with Crippen molar-refractivity contribution in [1.82, 2.24) is 9.55 Å². The van der Waals surface area contributed by atoms with Crippen molar-refractivity contribution in [2.45, 2.75) is 52.5 Å². The second-order valence-corrected chi connectivity index (χ2v) is 5.90. The molecule has 0 amide bonds. The molecule has 1 aromatic rings. The number of aromatic nitrogens is 2. The average molecular weight is 208 g/mol. The molecule has 0 bridgehead atoms. The third-order valence-electron chi connectivity index (χ3n) is 2.30. The van der Waals surface area contributed by atoms with E-state index in [1.807, 2.05) is 20.8 Å². The second-order valence-electron chi connectivity index (χ2n) is 5.90. The molecule has 0 atom stereocenters. The molecule has 0 N–H and O–H groups in total. The molecule has 1 aromatic heterocycles. The highest BCUT2D eigenvalue weighted by Crippen LogP contribution is 2.18. The maximum Gasteiger partial charge on any atom is 0.254 e. The van der Waals surface area contributed by atoms with Gasteiger partial charge in [-0.05, 0) is 20.8 Å². The zero-order valence-corrected chi connectivity index (χ0v) is 10.5. The van der Waals surface area contributed by atoms with Crippen LogP contribution in [0.5, 0.6) is 0 Å². The van der Waals surface area contributed by atoms with E-state index in [0.717, 1.165) is 5.69 Å². The van der Waals surface area contributed by atoms with E-state index in [0.29, 0.717) is 0 Å². The fourth-order valence-corrected chi connectivity index (χ4v) is 1.31. The van der Waals surface area contributed by atoms with E-state index >= 15 is 0 Å². The van der Waals surface area contributed by atoms with Crippen molar-refractivity contribution in [1.29, 1.82) is 0 Å². The van der Waals surface area contributed by atoms with Crippen LogP contribution in [0.25, 0.3) is 0 Å². The Morgan fingerprint density at radius 3 is 2.00 bits per heavy atom. The first kappa shape index (κ1) is 12.0. The van der Waals surface area contributed by atoms with Crippen molar-refractivity contribution in [3.8, 4) is 0 Å². The van der Waals surface area contributed by atoms with Crippen molar-refractivity contribution >= 4 is 0 Å². The minimum absolute atomic E-state index is 0.0161. The lowest BCUT2D eigenvalue weighted by Gasteiger charge is -2.24. The van der Waals surface area contributed by atoms with Gasteiger partial charge in [0.2, 0.25) is 0 Å². The van der Waals surface area contributed by atoms with Gasteiger partial charge < -0.3 is 0 Å². The lowest BCUT2D eigenvalue weighted by molar-refractivity contribution is 0.375. The van der Waals surface area contributed by atoms with Crippen LogP contribution in [0, 0.1) is 0 Å². The van der Waals surface area contributed by atoms with Gasteiger partial charge in [-0.1, -0.05) is 20.8 Å². The summed E-state index contributed by atoms with van der Waals surface area (Å²) in [7, 11) is 0. The van der Waals surface area contributed by atoms with Crippen molar-refractivity contribution in [3.05, 3.63) is 28.4 Å².